The van der Waals surface area contributed by atoms with Crippen molar-refractivity contribution >= 4 is 17.4 Å². The van der Waals surface area contributed by atoms with Crippen LogP contribution in [-0.4, -0.2) is 30.5 Å². The maximum absolute atomic E-state index is 13.4. The number of benzene rings is 1. The Labute approximate surface area is 172 Å². The molecule has 8 heteroatoms. The summed E-state index contributed by atoms with van der Waals surface area (Å²) in [6.45, 7) is 3.56. The van der Waals surface area contributed by atoms with E-state index in [1.807, 2.05) is 17.9 Å². The first-order chi connectivity index (χ1) is 14.2. The van der Waals surface area contributed by atoms with Crippen molar-refractivity contribution in [2.75, 3.05) is 29.4 Å². The number of pyridine rings is 1. The Morgan fingerprint density at radius 1 is 1.17 bits per heavy atom. The molecule has 0 saturated carbocycles. The first-order valence-electron chi connectivity index (χ1n) is 9.84. The Kier molecular flexibility index (Phi) is 4.92. The van der Waals surface area contributed by atoms with Crippen LogP contribution in [0, 0.1) is 23.7 Å². The van der Waals surface area contributed by atoms with Gasteiger partial charge < -0.3 is 9.80 Å². The highest BCUT2D eigenvalue weighted by atomic mass is 19.4. The normalized spacial score (nSPS) is 21.9. The van der Waals surface area contributed by atoms with E-state index in [2.05, 4.69) is 11.1 Å². The molecule has 0 N–H and O–H groups in total. The monoisotopic (exact) mass is 414 g/mol. The van der Waals surface area contributed by atoms with Gasteiger partial charge >= 0.3 is 6.18 Å². The predicted octanol–water partition coefficient (Wildman–Crippen LogP) is 4.30. The molecule has 0 aliphatic carbocycles. The van der Waals surface area contributed by atoms with E-state index in [1.54, 1.807) is 17.0 Å². The number of hydrogen-bond donors (Lipinski definition) is 0. The van der Waals surface area contributed by atoms with Gasteiger partial charge in [0.15, 0.2) is 0 Å². The molecule has 1 amide bonds. The Morgan fingerprint density at radius 3 is 2.60 bits per heavy atom. The zero-order valence-corrected chi connectivity index (χ0v) is 16.5. The Bertz CT molecular complexity index is 1010. The van der Waals surface area contributed by atoms with E-state index >= 15 is 0 Å². The van der Waals surface area contributed by atoms with Gasteiger partial charge in [0.25, 0.3) is 0 Å². The first kappa shape index (κ1) is 20.2. The minimum absolute atomic E-state index is 0.0342. The summed E-state index contributed by atoms with van der Waals surface area (Å²) < 4.78 is 38.4. The van der Waals surface area contributed by atoms with E-state index in [9.17, 15) is 18.0 Å². The smallest absolute Gasteiger partial charge is 0.356 e. The van der Waals surface area contributed by atoms with Crippen LogP contribution >= 0.6 is 0 Å². The molecule has 2 aromatic rings. The van der Waals surface area contributed by atoms with E-state index in [-0.39, 0.29) is 5.91 Å². The van der Waals surface area contributed by atoms with Crippen molar-refractivity contribution in [3.05, 3.63) is 53.2 Å². The summed E-state index contributed by atoms with van der Waals surface area (Å²) in [7, 11) is 0. The molecular weight excluding hydrogens is 393 g/mol. The number of carbonyl (C=O) groups excluding carboxylic acids is 1. The topological polar surface area (TPSA) is 60.2 Å². The van der Waals surface area contributed by atoms with E-state index < -0.39 is 17.2 Å². The van der Waals surface area contributed by atoms with Crippen LogP contribution in [0.3, 0.4) is 0 Å². The number of piperidine rings is 1. The molecular formula is C22H21F3N4O. The highest BCUT2D eigenvalue weighted by molar-refractivity contribution is 6.01. The fraction of sp³-hybridized carbons (Fsp3) is 0.409. The van der Waals surface area contributed by atoms with Gasteiger partial charge in [0.1, 0.15) is 5.82 Å². The SMILES string of the molecule is Cc1cc(C#N)ccc1N1CC[C@@]2(CCCN(c3ccc(C(F)(F)F)cn3)C2)C1=O. The lowest BCUT2D eigenvalue weighted by Crippen LogP contribution is -2.48. The fourth-order valence-corrected chi connectivity index (χ4v) is 4.53. The molecule has 1 atom stereocenters. The predicted molar refractivity (Wildman–Crippen MR) is 106 cm³/mol. The number of nitrogens with zero attached hydrogens (tertiary/aromatic N) is 4. The minimum atomic E-state index is -4.42. The molecule has 30 heavy (non-hydrogen) atoms. The zero-order chi connectivity index (χ0) is 21.5. The number of carbonyl (C=O) groups is 1. The van der Waals surface area contributed by atoms with Crippen molar-refractivity contribution in [2.24, 2.45) is 5.41 Å². The highest BCUT2D eigenvalue weighted by Gasteiger charge is 2.49. The molecule has 0 bridgehead atoms. The molecule has 4 rings (SSSR count). The van der Waals surface area contributed by atoms with Crippen LogP contribution in [0.1, 0.15) is 36.0 Å². The van der Waals surface area contributed by atoms with E-state index in [0.717, 1.165) is 36.4 Å². The van der Waals surface area contributed by atoms with E-state index in [1.165, 1.54) is 6.07 Å². The second-order valence-electron chi connectivity index (χ2n) is 8.03. The van der Waals surface area contributed by atoms with Gasteiger partial charge in [-0.3, -0.25) is 4.79 Å². The number of hydrogen-bond acceptors (Lipinski definition) is 4. The maximum atomic E-state index is 13.4. The lowest BCUT2D eigenvalue weighted by molar-refractivity contribution is -0.137. The van der Waals surface area contributed by atoms with Crippen molar-refractivity contribution in [3.8, 4) is 6.07 Å². The summed E-state index contributed by atoms with van der Waals surface area (Å²) in [5.74, 6) is 0.495. The third-order valence-corrected chi connectivity index (χ3v) is 6.11. The molecule has 3 heterocycles. The summed E-state index contributed by atoms with van der Waals surface area (Å²) in [6, 6.07) is 9.80. The van der Waals surface area contributed by atoms with Crippen LogP contribution < -0.4 is 9.80 Å². The number of alkyl halides is 3. The summed E-state index contributed by atoms with van der Waals surface area (Å²) in [6.07, 6.45) is -1.37. The average molecular weight is 414 g/mol. The van der Waals surface area contributed by atoms with Crippen molar-refractivity contribution in [1.82, 2.24) is 4.98 Å². The molecule has 2 aliphatic rings. The Balaban J connectivity index is 1.55. The van der Waals surface area contributed by atoms with Gasteiger partial charge in [-0.2, -0.15) is 18.4 Å². The Morgan fingerprint density at radius 2 is 1.97 bits per heavy atom. The third kappa shape index (κ3) is 3.49. The van der Waals surface area contributed by atoms with Gasteiger partial charge in [-0.25, -0.2) is 4.98 Å². The maximum Gasteiger partial charge on any atom is 0.417 e. The molecule has 1 aromatic carbocycles. The second kappa shape index (κ2) is 7.31. The zero-order valence-electron chi connectivity index (χ0n) is 16.5. The third-order valence-electron chi connectivity index (χ3n) is 6.11. The van der Waals surface area contributed by atoms with Crippen molar-refractivity contribution in [3.63, 3.8) is 0 Å². The van der Waals surface area contributed by atoms with Gasteiger partial charge in [0.05, 0.1) is 22.6 Å². The van der Waals surface area contributed by atoms with Gasteiger partial charge in [-0.15, -0.1) is 0 Å². The van der Waals surface area contributed by atoms with Gasteiger partial charge in [0, 0.05) is 31.5 Å². The lowest BCUT2D eigenvalue weighted by atomic mass is 9.78. The Hall–Kier alpha value is -3.08. The number of rotatable bonds is 2. The number of anilines is 2. The quantitative estimate of drug-likeness (QED) is 0.735. The molecule has 1 spiro atoms. The molecule has 2 fully saturated rings. The van der Waals surface area contributed by atoms with Gasteiger partial charge in [-0.1, -0.05) is 0 Å². The largest absolute Gasteiger partial charge is 0.417 e. The van der Waals surface area contributed by atoms with Crippen LogP contribution in [-0.2, 0) is 11.0 Å². The van der Waals surface area contributed by atoms with Gasteiger partial charge in [-0.05, 0) is 62.1 Å². The van der Waals surface area contributed by atoms with E-state index in [4.69, 9.17) is 5.26 Å². The van der Waals surface area contributed by atoms with Crippen molar-refractivity contribution < 1.29 is 18.0 Å². The summed E-state index contributed by atoms with van der Waals surface area (Å²) >= 11 is 0. The fourth-order valence-electron chi connectivity index (χ4n) is 4.53. The summed E-state index contributed by atoms with van der Waals surface area (Å²) in [5, 5.41) is 9.06. The number of aromatic nitrogens is 1. The molecule has 2 aliphatic heterocycles. The lowest BCUT2D eigenvalue weighted by Gasteiger charge is -2.39. The van der Waals surface area contributed by atoms with E-state index in [0.29, 0.717) is 37.4 Å². The van der Waals surface area contributed by atoms with Crippen LogP contribution in [0.15, 0.2) is 36.5 Å². The summed E-state index contributed by atoms with van der Waals surface area (Å²) in [5.41, 5.74) is 0.882. The molecule has 0 unspecified atom stereocenters. The van der Waals surface area contributed by atoms with Crippen molar-refractivity contribution in [2.45, 2.75) is 32.4 Å². The molecule has 5 nitrogen and oxygen atoms in total. The average Bonchev–Trinajstić information content (AvgIpc) is 3.03. The van der Waals surface area contributed by atoms with Crippen LogP contribution in [0.4, 0.5) is 24.7 Å². The molecule has 1 aromatic heterocycles. The first-order valence-corrected chi connectivity index (χ1v) is 9.84. The van der Waals surface area contributed by atoms with Crippen LogP contribution in [0.2, 0.25) is 0 Å². The van der Waals surface area contributed by atoms with Crippen LogP contribution in [0.5, 0.6) is 0 Å². The standard InChI is InChI=1S/C22H21F3N4O/c1-15-11-16(12-26)3-5-18(15)29-10-8-21(20(29)30)7-2-9-28(14-21)19-6-4-17(13-27-19)22(23,24)25/h3-6,11,13H,2,7-10,14H2,1H3/t21-/m1/s1. The van der Waals surface area contributed by atoms with Crippen molar-refractivity contribution in [1.29, 1.82) is 5.26 Å². The highest BCUT2D eigenvalue weighted by Crippen LogP contribution is 2.43. The number of nitriles is 1. The summed E-state index contributed by atoms with van der Waals surface area (Å²) in [4.78, 5) is 21.1. The molecule has 2 saturated heterocycles. The number of amides is 1. The van der Waals surface area contributed by atoms with Gasteiger partial charge in [0.2, 0.25) is 5.91 Å². The number of halogens is 3. The van der Waals surface area contributed by atoms with Crippen LogP contribution in [0.25, 0.3) is 0 Å². The molecule has 156 valence electrons. The second-order valence-corrected chi connectivity index (χ2v) is 8.03. The molecule has 0 radical (unpaired) electrons. The number of aryl methyl sites for hydroxylation is 1. The minimum Gasteiger partial charge on any atom is -0.356 e.